The minimum Gasteiger partial charge on any atom is -0.493 e. The van der Waals surface area contributed by atoms with E-state index in [1.807, 2.05) is 55.5 Å². The molecular weight excluding hydrogens is 374 g/mol. The summed E-state index contributed by atoms with van der Waals surface area (Å²) in [7, 11) is 3.19. The lowest BCUT2D eigenvalue weighted by molar-refractivity contribution is 0.212. The van der Waals surface area contributed by atoms with Crippen LogP contribution in [0.1, 0.15) is 12.5 Å². The van der Waals surface area contributed by atoms with Crippen LogP contribution >= 0.6 is 11.3 Å². The van der Waals surface area contributed by atoms with Gasteiger partial charge in [-0.1, -0.05) is 47.7 Å². The van der Waals surface area contributed by atoms with E-state index < -0.39 is 0 Å². The second-order valence-corrected chi connectivity index (χ2v) is 7.06. The van der Waals surface area contributed by atoms with Crippen molar-refractivity contribution in [2.75, 3.05) is 26.1 Å². The van der Waals surface area contributed by atoms with Gasteiger partial charge in [-0.3, -0.25) is 5.32 Å². The molecule has 0 aliphatic rings. The normalized spacial score (nSPS) is 10.4. The Labute approximate surface area is 168 Å². The van der Waals surface area contributed by atoms with E-state index in [0.29, 0.717) is 29.7 Å². The van der Waals surface area contributed by atoms with Gasteiger partial charge in [0.2, 0.25) is 0 Å². The summed E-state index contributed by atoms with van der Waals surface area (Å²) >= 11 is 1.45. The number of carbonyl (C=O) groups is 1. The minimum absolute atomic E-state index is 0.189. The molecule has 0 fully saturated rings. The number of nitrogens with one attached hydrogen (secondary N) is 1. The number of rotatable bonds is 7. The molecule has 0 atom stereocenters. The average Bonchev–Trinajstić information content (AvgIpc) is 3.20. The molecule has 7 heteroatoms. The number of anilines is 1. The first-order chi connectivity index (χ1) is 13.6. The number of benzene rings is 2. The molecule has 0 saturated heterocycles. The molecule has 0 saturated carbocycles. The number of amides is 2. The van der Waals surface area contributed by atoms with Gasteiger partial charge in [0, 0.05) is 19.3 Å². The molecule has 1 aromatic heterocycles. The Kier molecular flexibility index (Phi) is 6.49. The molecular formula is C21H23N3O3S. The minimum atomic E-state index is -0.189. The third-order valence-corrected chi connectivity index (χ3v) is 5.23. The second kappa shape index (κ2) is 9.23. The van der Waals surface area contributed by atoms with E-state index in [-0.39, 0.29) is 6.03 Å². The van der Waals surface area contributed by atoms with Crippen LogP contribution in [-0.4, -0.2) is 36.7 Å². The third-order valence-electron chi connectivity index (χ3n) is 4.27. The monoisotopic (exact) mass is 397 g/mol. The second-order valence-electron chi connectivity index (χ2n) is 6.03. The molecule has 2 amide bonds. The van der Waals surface area contributed by atoms with Crippen molar-refractivity contribution in [2.24, 2.45) is 0 Å². The Morgan fingerprint density at radius 2 is 1.86 bits per heavy atom. The van der Waals surface area contributed by atoms with E-state index in [2.05, 4.69) is 10.3 Å². The molecule has 1 N–H and O–H groups in total. The van der Waals surface area contributed by atoms with Crippen LogP contribution in [0.15, 0.2) is 54.7 Å². The number of hydrogen-bond acceptors (Lipinski definition) is 5. The van der Waals surface area contributed by atoms with Crippen molar-refractivity contribution in [3.63, 3.8) is 0 Å². The van der Waals surface area contributed by atoms with Gasteiger partial charge in [0.15, 0.2) is 16.6 Å². The summed E-state index contributed by atoms with van der Waals surface area (Å²) in [6.07, 6.45) is 1.78. The van der Waals surface area contributed by atoms with Gasteiger partial charge in [-0.05, 0) is 30.2 Å². The summed E-state index contributed by atoms with van der Waals surface area (Å²) in [6, 6.07) is 15.4. The van der Waals surface area contributed by atoms with E-state index in [0.717, 1.165) is 16.0 Å². The van der Waals surface area contributed by atoms with Crippen LogP contribution in [0.5, 0.6) is 11.5 Å². The number of ether oxygens (including phenoxy) is 2. The number of aromatic nitrogens is 1. The maximum Gasteiger partial charge on any atom is 0.323 e. The Bertz CT molecular complexity index is 928. The molecule has 0 radical (unpaired) electrons. The largest absolute Gasteiger partial charge is 0.493 e. The SMILES string of the molecule is CCN(Cc1ccc(OC)c(OC)c1)C(=O)Nc1ncc(-c2ccccc2)s1. The van der Waals surface area contributed by atoms with Crippen molar-refractivity contribution in [1.82, 2.24) is 9.88 Å². The van der Waals surface area contributed by atoms with Crippen molar-refractivity contribution >= 4 is 22.5 Å². The first-order valence-corrected chi connectivity index (χ1v) is 9.74. The van der Waals surface area contributed by atoms with Crippen molar-refractivity contribution in [3.8, 4) is 21.9 Å². The highest BCUT2D eigenvalue weighted by atomic mass is 32.1. The lowest BCUT2D eigenvalue weighted by Crippen LogP contribution is -2.34. The summed E-state index contributed by atoms with van der Waals surface area (Å²) in [5.41, 5.74) is 2.04. The van der Waals surface area contributed by atoms with Crippen LogP contribution in [0.2, 0.25) is 0 Å². The number of nitrogens with zero attached hydrogens (tertiary/aromatic N) is 2. The Morgan fingerprint density at radius 1 is 1.11 bits per heavy atom. The zero-order chi connectivity index (χ0) is 19.9. The maximum absolute atomic E-state index is 12.7. The van der Waals surface area contributed by atoms with Crippen LogP contribution in [-0.2, 0) is 6.54 Å². The summed E-state index contributed by atoms with van der Waals surface area (Å²) in [6.45, 7) is 2.97. The molecule has 0 aliphatic carbocycles. The fraction of sp³-hybridized carbons (Fsp3) is 0.238. The number of urea groups is 1. The number of methoxy groups -OCH3 is 2. The summed E-state index contributed by atoms with van der Waals surface area (Å²) in [5, 5.41) is 3.47. The molecule has 146 valence electrons. The molecule has 28 heavy (non-hydrogen) atoms. The average molecular weight is 398 g/mol. The van der Waals surface area contributed by atoms with Crippen molar-refractivity contribution in [2.45, 2.75) is 13.5 Å². The smallest absolute Gasteiger partial charge is 0.323 e. The Hall–Kier alpha value is -3.06. The van der Waals surface area contributed by atoms with Crippen molar-refractivity contribution in [1.29, 1.82) is 0 Å². The van der Waals surface area contributed by atoms with Crippen LogP contribution in [0.3, 0.4) is 0 Å². The highest BCUT2D eigenvalue weighted by molar-refractivity contribution is 7.19. The standard InChI is InChI=1S/C21H23N3O3S/c1-4-24(14-15-10-11-17(26-2)18(12-15)27-3)21(25)23-20-22-13-19(28-20)16-8-6-5-7-9-16/h5-13H,4,14H2,1-3H3,(H,22,23,25). The van der Waals surface area contributed by atoms with Gasteiger partial charge in [0.05, 0.1) is 19.1 Å². The molecule has 3 rings (SSSR count). The highest BCUT2D eigenvalue weighted by Gasteiger charge is 2.15. The molecule has 2 aromatic carbocycles. The van der Waals surface area contributed by atoms with Gasteiger partial charge < -0.3 is 14.4 Å². The van der Waals surface area contributed by atoms with Crippen molar-refractivity contribution < 1.29 is 14.3 Å². The van der Waals surface area contributed by atoms with Gasteiger partial charge in [-0.15, -0.1) is 0 Å². The lowest BCUT2D eigenvalue weighted by atomic mass is 10.2. The van der Waals surface area contributed by atoms with Crippen LogP contribution in [0, 0.1) is 0 Å². The molecule has 0 unspecified atom stereocenters. The predicted octanol–water partition coefficient (Wildman–Crippen LogP) is 4.88. The lowest BCUT2D eigenvalue weighted by Gasteiger charge is -2.21. The first-order valence-electron chi connectivity index (χ1n) is 8.92. The zero-order valence-corrected chi connectivity index (χ0v) is 17.0. The van der Waals surface area contributed by atoms with E-state index in [1.54, 1.807) is 25.3 Å². The number of thiazole rings is 1. The molecule has 0 aliphatic heterocycles. The van der Waals surface area contributed by atoms with Gasteiger partial charge >= 0.3 is 6.03 Å². The van der Waals surface area contributed by atoms with Crippen LogP contribution in [0.4, 0.5) is 9.93 Å². The molecule has 0 spiro atoms. The number of hydrogen-bond donors (Lipinski definition) is 1. The molecule has 3 aromatic rings. The van der Waals surface area contributed by atoms with E-state index in [4.69, 9.17) is 9.47 Å². The molecule has 6 nitrogen and oxygen atoms in total. The number of carbonyl (C=O) groups excluding carboxylic acids is 1. The van der Waals surface area contributed by atoms with Crippen LogP contribution in [0.25, 0.3) is 10.4 Å². The van der Waals surface area contributed by atoms with E-state index in [1.165, 1.54) is 11.3 Å². The topological polar surface area (TPSA) is 63.7 Å². The Morgan fingerprint density at radius 3 is 2.54 bits per heavy atom. The van der Waals surface area contributed by atoms with Crippen molar-refractivity contribution in [3.05, 3.63) is 60.3 Å². The fourth-order valence-corrected chi connectivity index (χ4v) is 3.58. The Balaban J connectivity index is 1.68. The third kappa shape index (κ3) is 4.61. The van der Waals surface area contributed by atoms with E-state index >= 15 is 0 Å². The van der Waals surface area contributed by atoms with E-state index in [9.17, 15) is 4.79 Å². The fourth-order valence-electron chi connectivity index (χ4n) is 2.76. The zero-order valence-electron chi connectivity index (χ0n) is 16.1. The summed E-state index contributed by atoms with van der Waals surface area (Å²) in [4.78, 5) is 19.8. The first kappa shape index (κ1) is 19.7. The quantitative estimate of drug-likeness (QED) is 0.617. The predicted molar refractivity (Wildman–Crippen MR) is 112 cm³/mol. The molecule has 1 heterocycles. The van der Waals surface area contributed by atoms with Gasteiger partial charge in [-0.25, -0.2) is 9.78 Å². The summed E-state index contributed by atoms with van der Waals surface area (Å²) in [5.74, 6) is 1.30. The highest BCUT2D eigenvalue weighted by Crippen LogP contribution is 2.30. The molecule has 0 bridgehead atoms. The summed E-state index contributed by atoms with van der Waals surface area (Å²) < 4.78 is 10.6. The van der Waals surface area contributed by atoms with Gasteiger partial charge in [0.25, 0.3) is 0 Å². The van der Waals surface area contributed by atoms with Gasteiger partial charge in [-0.2, -0.15) is 0 Å². The van der Waals surface area contributed by atoms with Crippen LogP contribution < -0.4 is 14.8 Å². The van der Waals surface area contributed by atoms with Gasteiger partial charge in [0.1, 0.15) is 0 Å². The maximum atomic E-state index is 12.7.